The van der Waals surface area contributed by atoms with Crippen LogP contribution in [0.25, 0.3) is 11.1 Å². The van der Waals surface area contributed by atoms with Gasteiger partial charge in [-0.25, -0.2) is 4.39 Å². The van der Waals surface area contributed by atoms with Crippen molar-refractivity contribution < 1.29 is 9.18 Å². The summed E-state index contributed by atoms with van der Waals surface area (Å²) in [5.74, 6) is -0.263. The first kappa shape index (κ1) is 18.1. The average molecular weight is 372 g/mol. The van der Waals surface area contributed by atoms with Gasteiger partial charge in [0.05, 0.1) is 6.54 Å². The van der Waals surface area contributed by atoms with Gasteiger partial charge in [0, 0.05) is 23.9 Å². The Kier molecular flexibility index (Phi) is 5.29. The Labute approximate surface area is 164 Å². The molecule has 0 saturated heterocycles. The van der Waals surface area contributed by atoms with E-state index in [4.69, 9.17) is 0 Å². The van der Waals surface area contributed by atoms with Gasteiger partial charge in [0.25, 0.3) is 5.91 Å². The van der Waals surface area contributed by atoms with Crippen molar-refractivity contribution in [3.8, 4) is 11.1 Å². The molecule has 0 radical (unpaired) electrons. The molecule has 3 aromatic carbocycles. The lowest BCUT2D eigenvalue weighted by Gasteiger charge is -2.08. The fraction of sp³-hybridized carbons (Fsp3) is 0.167. The number of aryl methyl sites for hydroxylation is 1. The molecule has 0 spiro atoms. The predicted octanol–water partition coefficient (Wildman–Crippen LogP) is 4.79. The summed E-state index contributed by atoms with van der Waals surface area (Å²) in [6.45, 7) is 1.26. The number of nitrogens with one attached hydrogen (secondary N) is 1. The molecule has 1 amide bonds. The second kappa shape index (κ2) is 8.17. The summed E-state index contributed by atoms with van der Waals surface area (Å²) in [5, 5.41) is 2.98. The van der Waals surface area contributed by atoms with Crippen molar-refractivity contribution in [1.29, 1.82) is 0 Å². The van der Waals surface area contributed by atoms with Gasteiger partial charge in [-0.05, 0) is 53.3 Å². The quantitative estimate of drug-likeness (QED) is 0.621. The lowest BCUT2D eigenvalue weighted by atomic mass is 10.0. The van der Waals surface area contributed by atoms with E-state index in [2.05, 4.69) is 10.3 Å². The summed E-state index contributed by atoms with van der Waals surface area (Å²) in [7, 11) is 0. The fourth-order valence-electron chi connectivity index (χ4n) is 3.39. The van der Waals surface area contributed by atoms with Gasteiger partial charge in [0.2, 0.25) is 0 Å². The van der Waals surface area contributed by atoms with E-state index in [9.17, 15) is 9.18 Å². The van der Waals surface area contributed by atoms with E-state index in [1.165, 1.54) is 11.6 Å². The van der Waals surface area contributed by atoms with Gasteiger partial charge in [-0.15, -0.1) is 0 Å². The van der Waals surface area contributed by atoms with Crippen molar-refractivity contribution in [2.45, 2.75) is 19.4 Å². The first-order chi connectivity index (χ1) is 13.7. The van der Waals surface area contributed by atoms with Crippen molar-refractivity contribution in [2.24, 2.45) is 4.99 Å². The number of benzene rings is 3. The summed E-state index contributed by atoms with van der Waals surface area (Å²) in [4.78, 5) is 16.5. The Bertz CT molecular complexity index is 1030. The van der Waals surface area contributed by atoms with E-state index in [0.29, 0.717) is 24.2 Å². The van der Waals surface area contributed by atoms with Crippen LogP contribution in [0.4, 0.5) is 4.39 Å². The molecule has 1 N–H and O–H groups in total. The SMILES string of the molecule is O=C(NCCCc1ccc(-c2ccccc2F)cc1)c1ccc2c(c1)CN=C2. The Morgan fingerprint density at radius 2 is 1.86 bits per heavy atom. The summed E-state index contributed by atoms with van der Waals surface area (Å²) >= 11 is 0. The fourth-order valence-corrected chi connectivity index (χ4v) is 3.39. The molecule has 3 aromatic rings. The summed E-state index contributed by atoms with van der Waals surface area (Å²) in [6.07, 6.45) is 3.54. The number of carbonyl (C=O) groups is 1. The molecule has 0 saturated carbocycles. The molecule has 1 aliphatic heterocycles. The van der Waals surface area contributed by atoms with Crippen LogP contribution in [0.15, 0.2) is 71.7 Å². The number of amides is 1. The summed E-state index contributed by atoms with van der Waals surface area (Å²) in [5.41, 5.74) is 5.53. The van der Waals surface area contributed by atoms with Crippen molar-refractivity contribution in [1.82, 2.24) is 5.32 Å². The Morgan fingerprint density at radius 1 is 1.04 bits per heavy atom. The van der Waals surface area contributed by atoms with Crippen LogP contribution in [0.2, 0.25) is 0 Å². The van der Waals surface area contributed by atoms with Gasteiger partial charge < -0.3 is 5.32 Å². The number of nitrogens with zero attached hydrogens (tertiary/aromatic N) is 1. The number of aliphatic imine (C=N–C) groups is 1. The van der Waals surface area contributed by atoms with Crippen LogP contribution >= 0.6 is 0 Å². The number of hydrogen-bond donors (Lipinski definition) is 1. The van der Waals surface area contributed by atoms with E-state index in [0.717, 1.165) is 29.5 Å². The highest BCUT2D eigenvalue weighted by molar-refractivity contribution is 5.96. The smallest absolute Gasteiger partial charge is 0.251 e. The van der Waals surface area contributed by atoms with Crippen molar-refractivity contribution in [2.75, 3.05) is 6.54 Å². The average Bonchev–Trinajstić information content (AvgIpc) is 3.20. The normalized spacial score (nSPS) is 12.0. The maximum Gasteiger partial charge on any atom is 0.251 e. The zero-order valence-corrected chi connectivity index (χ0v) is 15.5. The standard InChI is InChI=1S/C24H21FN2O/c25-23-6-2-1-5-22(23)18-9-7-17(8-10-18)4-3-13-27-24(28)19-11-12-20-15-26-16-21(20)14-19/h1-2,5-12,14-15H,3-4,13,16H2,(H,27,28). The molecule has 0 atom stereocenters. The zero-order chi connectivity index (χ0) is 19.3. The molecule has 4 heteroatoms. The van der Waals surface area contributed by atoms with Crippen molar-refractivity contribution in [3.63, 3.8) is 0 Å². The van der Waals surface area contributed by atoms with Crippen LogP contribution in [0.1, 0.15) is 33.5 Å². The number of rotatable bonds is 6. The van der Waals surface area contributed by atoms with Crippen LogP contribution < -0.4 is 5.32 Å². The second-order valence-electron chi connectivity index (χ2n) is 6.92. The van der Waals surface area contributed by atoms with Crippen LogP contribution in [0.5, 0.6) is 0 Å². The Morgan fingerprint density at radius 3 is 2.68 bits per heavy atom. The van der Waals surface area contributed by atoms with E-state index in [1.54, 1.807) is 12.1 Å². The molecule has 4 rings (SSSR count). The van der Waals surface area contributed by atoms with E-state index >= 15 is 0 Å². The zero-order valence-electron chi connectivity index (χ0n) is 15.5. The molecule has 0 aliphatic carbocycles. The number of carbonyl (C=O) groups excluding carboxylic acids is 1. The van der Waals surface area contributed by atoms with Gasteiger partial charge in [-0.1, -0.05) is 48.5 Å². The number of fused-ring (bicyclic) bond motifs is 1. The lowest BCUT2D eigenvalue weighted by molar-refractivity contribution is 0.0953. The molecule has 28 heavy (non-hydrogen) atoms. The van der Waals surface area contributed by atoms with E-state index < -0.39 is 0 Å². The minimum absolute atomic E-state index is 0.0513. The topological polar surface area (TPSA) is 41.5 Å². The van der Waals surface area contributed by atoms with E-state index in [1.807, 2.05) is 54.7 Å². The highest BCUT2D eigenvalue weighted by Gasteiger charge is 2.11. The third-order valence-corrected chi connectivity index (χ3v) is 4.96. The lowest BCUT2D eigenvalue weighted by Crippen LogP contribution is -2.24. The highest BCUT2D eigenvalue weighted by atomic mass is 19.1. The highest BCUT2D eigenvalue weighted by Crippen LogP contribution is 2.23. The Balaban J connectivity index is 1.27. The third-order valence-electron chi connectivity index (χ3n) is 4.96. The molecule has 3 nitrogen and oxygen atoms in total. The monoisotopic (exact) mass is 372 g/mol. The summed E-state index contributed by atoms with van der Waals surface area (Å²) < 4.78 is 13.9. The third kappa shape index (κ3) is 4.01. The first-order valence-corrected chi connectivity index (χ1v) is 9.45. The first-order valence-electron chi connectivity index (χ1n) is 9.45. The van der Waals surface area contributed by atoms with Gasteiger partial charge in [-0.2, -0.15) is 0 Å². The van der Waals surface area contributed by atoms with Gasteiger partial charge in [0.1, 0.15) is 5.82 Å². The number of hydrogen-bond acceptors (Lipinski definition) is 2. The maximum atomic E-state index is 13.9. The molecule has 0 unspecified atom stereocenters. The predicted molar refractivity (Wildman–Crippen MR) is 110 cm³/mol. The van der Waals surface area contributed by atoms with Gasteiger partial charge in [-0.3, -0.25) is 9.79 Å². The molecule has 140 valence electrons. The Hall–Kier alpha value is -3.27. The van der Waals surface area contributed by atoms with E-state index in [-0.39, 0.29) is 11.7 Å². The van der Waals surface area contributed by atoms with Crippen LogP contribution in [0.3, 0.4) is 0 Å². The van der Waals surface area contributed by atoms with Gasteiger partial charge >= 0.3 is 0 Å². The van der Waals surface area contributed by atoms with Crippen LogP contribution in [0, 0.1) is 5.82 Å². The van der Waals surface area contributed by atoms with Gasteiger partial charge in [0.15, 0.2) is 0 Å². The second-order valence-corrected chi connectivity index (χ2v) is 6.92. The molecule has 1 heterocycles. The molecular weight excluding hydrogens is 351 g/mol. The largest absolute Gasteiger partial charge is 0.352 e. The summed E-state index contributed by atoms with van der Waals surface area (Å²) in [6, 6.07) is 20.4. The maximum absolute atomic E-state index is 13.9. The van der Waals surface area contributed by atoms with Crippen LogP contribution in [-0.2, 0) is 13.0 Å². The molecular formula is C24H21FN2O. The molecule has 0 bridgehead atoms. The number of halogens is 1. The minimum Gasteiger partial charge on any atom is -0.352 e. The minimum atomic E-state index is -0.212. The van der Waals surface area contributed by atoms with Crippen LogP contribution in [-0.4, -0.2) is 18.7 Å². The molecule has 0 aromatic heterocycles. The molecule has 0 fully saturated rings. The van der Waals surface area contributed by atoms with Crippen molar-refractivity contribution >= 4 is 12.1 Å². The molecule has 1 aliphatic rings. The van der Waals surface area contributed by atoms with Crippen molar-refractivity contribution in [3.05, 3.63) is 94.8 Å².